The summed E-state index contributed by atoms with van der Waals surface area (Å²) < 4.78 is 0. The highest BCUT2D eigenvalue weighted by molar-refractivity contribution is 7.99. The van der Waals surface area contributed by atoms with Gasteiger partial charge in [0.25, 0.3) is 0 Å². The summed E-state index contributed by atoms with van der Waals surface area (Å²) in [6.07, 6.45) is 2.33. The van der Waals surface area contributed by atoms with E-state index in [9.17, 15) is 4.79 Å². The number of rotatable bonds is 6. The Morgan fingerprint density at radius 2 is 2.12 bits per heavy atom. The van der Waals surface area contributed by atoms with Crippen molar-refractivity contribution < 1.29 is 4.79 Å². The lowest BCUT2D eigenvalue weighted by Crippen LogP contribution is -2.27. The van der Waals surface area contributed by atoms with E-state index in [1.165, 1.54) is 5.56 Å². The fourth-order valence-corrected chi connectivity index (χ4v) is 2.64. The van der Waals surface area contributed by atoms with Crippen LogP contribution in [-0.2, 0) is 4.79 Å². The van der Waals surface area contributed by atoms with Gasteiger partial charge in [-0.25, -0.2) is 0 Å². The Balaban J connectivity index is 1.65. The van der Waals surface area contributed by atoms with E-state index < -0.39 is 0 Å². The molecule has 0 heterocycles. The average molecular weight is 249 g/mol. The minimum absolute atomic E-state index is 0.192. The molecule has 1 aliphatic carbocycles. The highest BCUT2D eigenvalue weighted by Crippen LogP contribution is 2.21. The highest BCUT2D eigenvalue weighted by atomic mass is 32.2. The van der Waals surface area contributed by atoms with Crippen molar-refractivity contribution in [3.8, 4) is 0 Å². The Bertz CT molecular complexity index is 362. The van der Waals surface area contributed by atoms with Gasteiger partial charge in [0.1, 0.15) is 0 Å². The number of carbonyl (C=O) groups is 1. The van der Waals surface area contributed by atoms with Crippen LogP contribution in [0.1, 0.15) is 31.2 Å². The molecule has 17 heavy (non-hydrogen) atoms. The van der Waals surface area contributed by atoms with Gasteiger partial charge in [-0.3, -0.25) is 4.79 Å². The highest BCUT2D eigenvalue weighted by Gasteiger charge is 2.22. The molecule has 1 saturated carbocycles. The van der Waals surface area contributed by atoms with Gasteiger partial charge in [-0.2, -0.15) is 11.8 Å². The van der Waals surface area contributed by atoms with Crippen LogP contribution in [0.2, 0.25) is 0 Å². The zero-order valence-electron chi connectivity index (χ0n) is 10.2. The molecule has 1 aromatic carbocycles. The summed E-state index contributed by atoms with van der Waals surface area (Å²) in [4.78, 5) is 11.5. The first-order valence-electron chi connectivity index (χ1n) is 6.18. The van der Waals surface area contributed by atoms with Gasteiger partial charge in [0, 0.05) is 11.8 Å². The molecule has 0 saturated heterocycles. The Labute approximate surface area is 107 Å². The zero-order valence-corrected chi connectivity index (χ0v) is 11.0. The molecule has 92 valence electrons. The second-order valence-corrected chi connectivity index (χ2v) is 5.70. The van der Waals surface area contributed by atoms with Crippen molar-refractivity contribution in [2.45, 2.75) is 31.7 Å². The van der Waals surface area contributed by atoms with Gasteiger partial charge in [0.2, 0.25) is 5.91 Å². The Morgan fingerprint density at radius 3 is 2.76 bits per heavy atom. The molecule has 1 amide bonds. The predicted molar refractivity (Wildman–Crippen MR) is 73.3 cm³/mol. The molecule has 2 rings (SSSR count). The maximum Gasteiger partial charge on any atom is 0.230 e. The summed E-state index contributed by atoms with van der Waals surface area (Å²) in [5.41, 5.74) is 1.35. The van der Waals surface area contributed by atoms with Gasteiger partial charge in [0.05, 0.1) is 5.75 Å². The normalized spacial score (nSPS) is 16.5. The average Bonchev–Trinajstić information content (AvgIpc) is 3.14. The van der Waals surface area contributed by atoms with Crippen molar-refractivity contribution in [2.75, 3.05) is 11.5 Å². The maximum atomic E-state index is 11.5. The number of hydrogen-bond donors (Lipinski definition) is 1. The first-order valence-corrected chi connectivity index (χ1v) is 7.33. The van der Waals surface area contributed by atoms with E-state index in [4.69, 9.17) is 0 Å². The number of thioether (sulfide) groups is 1. The minimum Gasteiger partial charge on any atom is -0.353 e. The van der Waals surface area contributed by atoms with Crippen molar-refractivity contribution in [3.05, 3.63) is 35.9 Å². The van der Waals surface area contributed by atoms with Crippen LogP contribution < -0.4 is 5.32 Å². The molecule has 0 bridgehead atoms. The van der Waals surface area contributed by atoms with E-state index in [1.54, 1.807) is 11.8 Å². The molecule has 1 aromatic rings. The lowest BCUT2D eigenvalue weighted by atomic mass is 10.0. The smallest absolute Gasteiger partial charge is 0.230 e. The summed E-state index contributed by atoms with van der Waals surface area (Å²) in [5, 5.41) is 3.01. The molecule has 1 fully saturated rings. The molecule has 1 atom stereocenters. The second kappa shape index (κ2) is 6.10. The molecule has 0 radical (unpaired) electrons. The molecule has 3 heteroatoms. The number of nitrogens with one attached hydrogen (secondary N) is 1. The predicted octanol–water partition coefficient (Wildman–Crippen LogP) is 2.80. The minimum atomic E-state index is 0.192. The quantitative estimate of drug-likeness (QED) is 0.840. The number of amides is 1. The van der Waals surface area contributed by atoms with Crippen LogP contribution in [0, 0.1) is 0 Å². The van der Waals surface area contributed by atoms with Gasteiger partial charge in [0.15, 0.2) is 0 Å². The van der Waals surface area contributed by atoms with Crippen LogP contribution in [0.5, 0.6) is 0 Å². The third kappa shape index (κ3) is 4.43. The fraction of sp³-hybridized carbons (Fsp3) is 0.500. The molecule has 2 nitrogen and oxygen atoms in total. The number of carbonyl (C=O) groups excluding carboxylic acids is 1. The maximum absolute atomic E-state index is 11.5. The van der Waals surface area contributed by atoms with Gasteiger partial charge >= 0.3 is 0 Å². The van der Waals surface area contributed by atoms with Gasteiger partial charge in [-0.15, -0.1) is 0 Å². The van der Waals surface area contributed by atoms with E-state index in [0.717, 1.165) is 18.6 Å². The molecular formula is C14H19NOS. The van der Waals surface area contributed by atoms with Gasteiger partial charge < -0.3 is 5.32 Å². The lowest BCUT2D eigenvalue weighted by Gasteiger charge is -2.11. The first-order chi connectivity index (χ1) is 8.25. The van der Waals surface area contributed by atoms with Gasteiger partial charge in [-0.05, 0) is 24.3 Å². The SMILES string of the molecule is CC(CSCC(=O)NC1CC1)c1ccccc1. The monoisotopic (exact) mass is 249 g/mol. The molecule has 1 N–H and O–H groups in total. The molecule has 1 unspecified atom stereocenters. The second-order valence-electron chi connectivity index (χ2n) is 4.67. The molecule has 1 aliphatic rings. The molecule has 0 aromatic heterocycles. The van der Waals surface area contributed by atoms with E-state index in [1.807, 2.05) is 6.07 Å². The molecule has 0 aliphatic heterocycles. The van der Waals surface area contributed by atoms with Crippen molar-refractivity contribution in [1.29, 1.82) is 0 Å². The van der Waals surface area contributed by atoms with Crippen LogP contribution in [-0.4, -0.2) is 23.5 Å². The number of benzene rings is 1. The van der Waals surface area contributed by atoms with Crippen LogP contribution in [0.4, 0.5) is 0 Å². The molecular weight excluding hydrogens is 230 g/mol. The fourth-order valence-electron chi connectivity index (χ4n) is 1.70. The summed E-state index contributed by atoms with van der Waals surface area (Å²) in [6, 6.07) is 10.9. The Morgan fingerprint density at radius 1 is 1.41 bits per heavy atom. The standard InChI is InChI=1S/C14H19NOS/c1-11(12-5-3-2-4-6-12)9-17-10-14(16)15-13-7-8-13/h2-6,11,13H,7-10H2,1H3,(H,15,16). The van der Waals surface area contributed by atoms with Crippen molar-refractivity contribution in [3.63, 3.8) is 0 Å². The summed E-state index contributed by atoms with van der Waals surface area (Å²) in [6.45, 7) is 2.21. The zero-order chi connectivity index (χ0) is 12.1. The molecule has 0 spiro atoms. The third-order valence-corrected chi connectivity index (χ3v) is 4.11. The van der Waals surface area contributed by atoms with Crippen molar-refractivity contribution in [1.82, 2.24) is 5.32 Å². The third-order valence-electron chi connectivity index (χ3n) is 2.91. The lowest BCUT2D eigenvalue weighted by molar-refractivity contribution is -0.118. The Hall–Kier alpha value is -0.960. The largest absolute Gasteiger partial charge is 0.353 e. The van der Waals surface area contributed by atoms with Gasteiger partial charge in [-0.1, -0.05) is 37.3 Å². The number of hydrogen-bond acceptors (Lipinski definition) is 2. The summed E-state index contributed by atoms with van der Waals surface area (Å²) >= 11 is 1.72. The van der Waals surface area contributed by atoms with Crippen molar-refractivity contribution in [2.24, 2.45) is 0 Å². The summed E-state index contributed by atoms with van der Waals surface area (Å²) in [7, 11) is 0. The van der Waals surface area contributed by atoms with E-state index in [0.29, 0.717) is 17.7 Å². The summed E-state index contributed by atoms with van der Waals surface area (Å²) in [5.74, 6) is 2.29. The topological polar surface area (TPSA) is 29.1 Å². The van der Waals surface area contributed by atoms with Crippen molar-refractivity contribution >= 4 is 17.7 Å². The van der Waals surface area contributed by atoms with Crippen LogP contribution >= 0.6 is 11.8 Å². The van der Waals surface area contributed by atoms with E-state index in [-0.39, 0.29) is 5.91 Å². The first kappa shape index (κ1) is 12.5. The Kier molecular flexibility index (Phi) is 4.49. The van der Waals surface area contributed by atoms with E-state index >= 15 is 0 Å². The van der Waals surface area contributed by atoms with E-state index in [2.05, 4.69) is 36.5 Å². The van der Waals surface area contributed by atoms with Crippen LogP contribution in [0.15, 0.2) is 30.3 Å². The van der Waals surface area contributed by atoms with Crippen LogP contribution in [0.3, 0.4) is 0 Å². The van der Waals surface area contributed by atoms with Crippen LogP contribution in [0.25, 0.3) is 0 Å².